The summed E-state index contributed by atoms with van der Waals surface area (Å²) in [4.78, 5) is 25.6. The van der Waals surface area contributed by atoms with Crippen LogP contribution < -0.4 is 0 Å². The first-order chi connectivity index (χ1) is 32.1. The Balaban J connectivity index is 1.23. The van der Waals surface area contributed by atoms with Gasteiger partial charge in [0.2, 0.25) is 12.6 Å². The second-order valence-corrected chi connectivity index (χ2v) is 16.5. The number of carbonyl (C=O) groups excluding carboxylic acids is 2. The van der Waals surface area contributed by atoms with Gasteiger partial charge in [-0.05, 0) is 27.7 Å². The first-order valence-corrected chi connectivity index (χ1v) is 21.5. The minimum atomic E-state index is -1.86. The van der Waals surface area contributed by atoms with Gasteiger partial charge in [0.05, 0.1) is 26.4 Å². The molecular formula is C44H64O24. The molecule has 24 nitrogen and oxygen atoms in total. The number of aliphatic hydroxyl groups excluding tert-OH is 14. The second-order valence-electron chi connectivity index (χ2n) is 16.5. The lowest BCUT2D eigenvalue weighted by Crippen LogP contribution is -2.61. The molecule has 0 unspecified atom stereocenters. The summed E-state index contributed by atoms with van der Waals surface area (Å²) in [6, 6.07) is 0. The molecule has 384 valence electrons. The largest absolute Gasteiger partial charge is 0.429 e. The average molecular weight is 977 g/mol. The van der Waals surface area contributed by atoms with Crippen molar-refractivity contribution in [3.05, 3.63) is 83.1 Å². The molecule has 0 aromatic heterocycles. The molecule has 14 N–H and O–H groups in total. The van der Waals surface area contributed by atoms with Gasteiger partial charge in [-0.3, -0.25) is 0 Å². The van der Waals surface area contributed by atoms with Crippen LogP contribution in [0.1, 0.15) is 27.7 Å². The smallest absolute Gasteiger partial charge is 0.336 e. The number of aliphatic hydroxyl groups is 14. The van der Waals surface area contributed by atoms with Crippen LogP contribution in [0.2, 0.25) is 0 Å². The van der Waals surface area contributed by atoms with Crippen molar-refractivity contribution < 1.29 is 119 Å². The van der Waals surface area contributed by atoms with E-state index in [4.69, 9.17) is 37.9 Å². The van der Waals surface area contributed by atoms with Crippen LogP contribution in [0.25, 0.3) is 0 Å². The number of hydrogen-bond acceptors (Lipinski definition) is 24. The zero-order valence-electron chi connectivity index (χ0n) is 37.5. The van der Waals surface area contributed by atoms with Gasteiger partial charge in [-0.25, -0.2) is 9.59 Å². The zero-order valence-corrected chi connectivity index (χ0v) is 37.5. The van der Waals surface area contributed by atoms with Crippen molar-refractivity contribution in [1.29, 1.82) is 0 Å². The highest BCUT2D eigenvalue weighted by Crippen LogP contribution is 2.28. The lowest BCUT2D eigenvalue weighted by molar-refractivity contribution is -0.326. The Labute approximate surface area is 390 Å². The second kappa shape index (κ2) is 26.5. The van der Waals surface area contributed by atoms with Crippen molar-refractivity contribution in [3.8, 4) is 0 Å². The fourth-order valence-electron chi connectivity index (χ4n) is 6.84. The maximum absolute atomic E-state index is 12.8. The van der Waals surface area contributed by atoms with Crippen molar-refractivity contribution >= 4 is 11.9 Å². The molecule has 0 spiro atoms. The van der Waals surface area contributed by atoms with Gasteiger partial charge in [-0.1, -0.05) is 71.9 Å². The Hall–Kier alpha value is -3.68. The lowest BCUT2D eigenvalue weighted by Gasteiger charge is -2.42. The van der Waals surface area contributed by atoms with Gasteiger partial charge in [-0.15, -0.1) is 0 Å². The van der Waals surface area contributed by atoms with Crippen LogP contribution in [0.3, 0.4) is 0 Å². The van der Waals surface area contributed by atoms with Crippen molar-refractivity contribution in [1.82, 2.24) is 0 Å². The molecule has 68 heavy (non-hydrogen) atoms. The number of carbonyl (C=O) groups is 2. The zero-order chi connectivity index (χ0) is 50.6. The van der Waals surface area contributed by atoms with E-state index in [1.165, 1.54) is 26.0 Å². The Bertz CT molecular complexity index is 1730. The predicted molar refractivity (Wildman–Crippen MR) is 227 cm³/mol. The molecule has 4 saturated heterocycles. The van der Waals surface area contributed by atoms with E-state index < -0.39 is 161 Å². The number of rotatable bonds is 18. The van der Waals surface area contributed by atoms with Gasteiger partial charge in [0, 0.05) is 11.1 Å². The maximum atomic E-state index is 12.8. The fraction of sp³-hybridized carbons (Fsp3) is 0.636. The molecule has 4 aliphatic rings. The molecule has 4 fully saturated rings. The minimum absolute atomic E-state index is 0.0726. The van der Waals surface area contributed by atoms with Gasteiger partial charge >= 0.3 is 11.9 Å². The fourth-order valence-corrected chi connectivity index (χ4v) is 6.84. The van der Waals surface area contributed by atoms with Crippen molar-refractivity contribution in [3.63, 3.8) is 0 Å². The third-order valence-corrected chi connectivity index (χ3v) is 11.2. The van der Waals surface area contributed by atoms with Crippen molar-refractivity contribution in [2.45, 2.75) is 151 Å². The quantitative estimate of drug-likeness (QED) is 0.0347. The Morgan fingerprint density at radius 1 is 0.397 bits per heavy atom. The molecule has 4 rings (SSSR count). The normalized spacial score (nSPS) is 40.3. The summed E-state index contributed by atoms with van der Waals surface area (Å²) >= 11 is 0. The summed E-state index contributed by atoms with van der Waals surface area (Å²) in [6.07, 6.45) is -16.8. The van der Waals surface area contributed by atoms with Crippen LogP contribution in [0.15, 0.2) is 83.1 Å². The van der Waals surface area contributed by atoms with Crippen LogP contribution >= 0.6 is 0 Å². The van der Waals surface area contributed by atoms with E-state index in [2.05, 4.69) is 0 Å². The minimum Gasteiger partial charge on any atom is -0.429 e. The van der Waals surface area contributed by atoms with Gasteiger partial charge in [-0.2, -0.15) is 0 Å². The Morgan fingerprint density at radius 2 is 0.691 bits per heavy atom. The Kier molecular flexibility index (Phi) is 22.2. The summed E-state index contributed by atoms with van der Waals surface area (Å²) in [5.41, 5.74) is 1.68. The molecule has 20 atom stereocenters. The number of allylic oxidation sites excluding steroid dienone is 12. The molecule has 0 radical (unpaired) electrons. The van der Waals surface area contributed by atoms with E-state index in [9.17, 15) is 81.1 Å². The highest BCUT2D eigenvalue weighted by Gasteiger charge is 2.50. The van der Waals surface area contributed by atoms with E-state index >= 15 is 0 Å². The van der Waals surface area contributed by atoms with Crippen molar-refractivity contribution in [2.75, 3.05) is 26.4 Å². The third kappa shape index (κ3) is 14.9. The van der Waals surface area contributed by atoms with Gasteiger partial charge < -0.3 is 109 Å². The topological polar surface area (TPSA) is 391 Å². The highest BCUT2D eigenvalue weighted by atomic mass is 16.8. The lowest BCUT2D eigenvalue weighted by atomic mass is 9.98. The standard InChI is InChI=1S/C44H64O24/c1-19(11-7-13-21(3)39(59)67-43-37(57)33(53)29(49)25(65-43)17-61-41-35(55)31(51)27(47)23(15-45)63-41)9-5-6-10-20(2)12-8-14-22(4)40(60)68-44-38(58)34(54)30(50)26(66-44)18-62-42-36(56)32(52)28(48)24(16-46)64-42/h5-14,23-38,41-58H,15-18H2,1-4H3/b6-5+,11-7+,12-8+,19-9-,20-10+,21-13+,22-14+/t23-,24-,25-,26+,27-,28+,29-,30+,31+,32+,33+,34-,35+,36+,37+,38+,41-,42-,43+,44-/m1/s1. The molecule has 0 aliphatic carbocycles. The number of esters is 2. The maximum Gasteiger partial charge on any atom is 0.336 e. The van der Waals surface area contributed by atoms with E-state index in [1.807, 2.05) is 0 Å². The highest BCUT2D eigenvalue weighted by molar-refractivity contribution is 5.88. The molecular weight excluding hydrogens is 912 g/mol. The van der Waals surface area contributed by atoms with E-state index in [0.29, 0.717) is 0 Å². The Morgan fingerprint density at radius 3 is 1.01 bits per heavy atom. The van der Waals surface area contributed by atoms with Crippen LogP contribution in [-0.4, -0.2) is 233 Å². The van der Waals surface area contributed by atoms with E-state index in [1.54, 1.807) is 62.5 Å². The molecule has 0 aromatic carbocycles. The summed E-state index contributed by atoms with van der Waals surface area (Å²) in [7, 11) is 0. The number of ether oxygens (including phenoxy) is 8. The predicted octanol–water partition coefficient (Wildman–Crippen LogP) is -5.23. The molecule has 4 aliphatic heterocycles. The first-order valence-electron chi connectivity index (χ1n) is 21.5. The van der Waals surface area contributed by atoms with Gasteiger partial charge in [0.25, 0.3) is 0 Å². The first kappa shape index (κ1) is 56.9. The van der Waals surface area contributed by atoms with Crippen LogP contribution in [0, 0.1) is 0 Å². The van der Waals surface area contributed by atoms with Crippen LogP contribution in [0.5, 0.6) is 0 Å². The summed E-state index contributed by atoms with van der Waals surface area (Å²) < 4.78 is 42.7. The summed E-state index contributed by atoms with van der Waals surface area (Å²) in [5, 5.41) is 142. The molecule has 0 saturated carbocycles. The van der Waals surface area contributed by atoms with Crippen LogP contribution in [-0.2, 0) is 47.5 Å². The van der Waals surface area contributed by atoms with Crippen LogP contribution in [0.4, 0.5) is 0 Å². The summed E-state index contributed by atoms with van der Waals surface area (Å²) in [6.45, 7) is 3.80. The average Bonchev–Trinajstić information content (AvgIpc) is 3.31. The van der Waals surface area contributed by atoms with Gasteiger partial charge in [0.15, 0.2) is 12.6 Å². The molecule has 4 heterocycles. The molecule has 0 aromatic rings. The molecule has 0 bridgehead atoms. The van der Waals surface area contributed by atoms with Crippen molar-refractivity contribution in [2.24, 2.45) is 0 Å². The molecule has 0 amide bonds. The SMILES string of the molecule is CC(=C/C=C/C=C(C)/C=C/C=C(\C)C(=O)O[C@H]1O[C@@H](CO[C@@H]2O[C@H](CO)[C@H](O)[C@H](O)[C@@H]2O)[C@H](O)[C@@H](O)[C@@H]1O)/C=C/C=C(\C)C(=O)O[C@@H]1O[C@H](CO[C@@H]2O[C@H](CO)[C@@H](O)[C@H](O)[C@@H]2O)[C@@H](O)[C@H](O)[C@@H]1O. The molecule has 24 heteroatoms. The number of hydrogen-bond donors (Lipinski definition) is 14. The van der Waals surface area contributed by atoms with E-state index in [-0.39, 0.29) is 11.1 Å². The monoisotopic (exact) mass is 976 g/mol. The third-order valence-electron chi connectivity index (χ3n) is 11.2. The van der Waals surface area contributed by atoms with Gasteiger partial charge in [0.1, 0.15) is 97.7 Å². The summed E-state index contributed by atoms with van der Waals surface area (Å²) in [5.74, 6) is -1.86. The van der Waals surface area contributed by atoms with E-state index in [0.717, 1.165) is 11.1 Å².